The fraction of sp³-hybridized carbons (Fsp3) is 0.136. The molecular weight excluding hydrogens is 452 g/mol. The summed E-state index contributed by atoms with van der Waals surface area (Å²) in [5, 5.41) is 12.9. The van der Waals surface area contributed by atoms with Crippen molar-refractivity contribution in [2.75, 3.05) is 0 Å². The van der Waals surface area contributed by atoms with Crippen molar-refractivity contribution in [2.45, 2.75) is 19.5 Å². The first-order valence-electron chi connectivity index (χ1n) is 8.94. The first-order valence-corrected chi connectivity index (χ1v) is 10.6. The first kappa shape index (κ1) is 19.5. The average molecular weight is 469 g/mol. The van der Waals surface area contributed by atoms with Crippen molar-refractivity contribution in [1.82, 2.24) is 9.88 Å². The number of pyridine rings is 1. The number of amides is 1. The van der Waals surface area contributed by atoms with Crippen LogP contribution in [0.25, 0.3) is 5.76 Å². The molecule has 7 heteroatoms. The maximum absolute atomic E-state index is 13.0. The number of ketones is 1. The number of likely N-dealkylation sites (tertiary alicyclic amines) is 1. The van der Waals surface area contributed by atoms with E-state index in [1.165, 1.54) is 16.2 Å². The van der Waals surface area contributed by atoms with Gasteiger partial charge in [0, 0.05) is 33.9 Å². The lowest BCUT2D eigenvalue weighted by molar-refractivity contribution is -0.140. The standard InChI is InChI=1S/C22H17BrN2O3S/c1-13-8-10-29-21(13)18-17(19(26)15-4-6-16(23)7-5-15)20(27)22(28)25(18)12-14-3-2-9-24-11-14/h2-11,18,26H,12H2,1H3/b19-17-. The van der Waals surface area contributed by atoms with Gasteiger partial charge in [-0.2, -0.15) is 0 Å². The van der Waals surface area contributed by atoms with Gasteiger partial charge in [-0.05, 0) is 47.7 Å². The first-order chi connectivity index (χ1) is 14.0. The van der Waals surface area contributed by atoms with Crippen LogP contribution < -0.4 is 0 Å². The summed E-state index contributed by atoms with van der Waals surface area (Å²) in [4.78, 5) is 32.4. The Balaban J connectivity index is 1.86. The van der Waals surface area contributed by atoms with Crippen LogP contribution in [0.15, 0.2) is 70.3 Å². The molecular formula is C22H17BrN2O3S. The zero-order valence-corrected chi connectivity index (χ0v) is 17.9. The normalized spacial score (nSPS) is 18.4. The summed E-state index contributed by atoms with van der Waals surface area (Å²) in [5.41, 5.74) is 2.40. The van der Waals surface area contributed by atoms with Crippen LogP contribution in [-0.4, -0.2) is 26.7 Å². The van der Waals surface area contributed by atoms with Crippen molar-refractivity contribution in [2.24, 2.45) is 0 Å². The number of aryl methyl sites for hydroxylation is 1. The average Bonchev–Trinajstić information content (AvgIpc) is 3.25. The van der Waals surface area contributed by atoms with Crippen molar-refractivity contribution < 1.29 is 14.7 Å². The highest BCUT2D eigenvalue weighted by atomic mass is 79.9. The predicted molar refractivity (Wildman–Crippen MR) is 115 cm³/mol. The van der Waals surface area contributed by atoms with Crippen LogP contribution in [0, 0.1) is 6.92 Å². The number of halogens is 1. The zero-order chi connectivity index (χ0) is 20.5. The Morgan fingerprint density at radius 1 is 1.21 bits per heavy atom. The number of aromatic nitrogens is 1. The van der Waals surface area contributed by atoms with Crippen LogP contribution in [0.4, 0.5) is 0 Å². The molecule has 0 aliphatic carbocycles. The Hall–Kier alpha value is -2.77. The van der Waals surface area contributed by atoms with Crippen molar-refractivity contribution in [3.05, 3.63) is 91.9 Å². The molecule has 1 aliphatic rings. The molecule has 3 aromatic rings. The van der Waals surface area contributed by atoms with E-state index in [9.17, 15) is 14.7 Å². The number of nitrogens with zero attached hydrogens (tertiary/aromatic N) is 2. The molecule has 0 bridgehead atoms. The van der Waals surface area contributed by atoms with Crippen LogP contribution in [0.1, 0.15) is 27.6 Å². The number of aliphatic hydroxyl groups is 1. The Morgan fingerprint density at radius 3 is 2.59 bits per heavy atom. The van der Waals surface area contributed by atoms with Crippen LogP contribution in [-0.2, 0) is 16.1 Å². The second-order valence-corrected chi connectivity index (χ2v) is 8.63. The molecule has 2 aromatic heterocycles. The third-order valence-corrected chi connectivity index (χ3v) is 6.48. The predicted octanol–water partition coefficient (Wildman–Crippen LogP) is 4.84. The number of Topliss-reactive ketones (excluding diaryl/α,β-unsaturated/α-hetero) is 1. The molecule has 4 rings (SSSR count). The topological polar surface area (TPSA) is 70.5 Å². The van der Waals surface area contributed by atoms with E-state index in [1.807, 2.05) is 24.4 Å². The number of rotatable bonds is 4. The minimum atomic E-state index is -0.674. The van der Waals surface area contributed by atoms with Gasteiger partial charge in [0.2, 0.25) is 0 Å². The van der Waals surface area contributed by atoms with Crippen LogP contribution in [0.3, 0.4) is 0 Å². The summed E-state index contributed by atoms with van der Waals surface area (Å²) in [5.74, 6) is -1.46. The molecule has 1 amide bonds. The lowest BCUT2D eigenvalue weighted by Crippen LogP contribution is -2.29. The second-order valence-electron chi connectivity index (χ2n) is 6.76. The van der Waals surface area contributed by atoms with Gasteiger partial charge in [0.25, 0.3) is 11.7 Å². The molecule has 0 spiro atoms. The minimum Gasteiger partial charge on any atom is -0.507 e. The Morgan fingerprint density at radius 2 is 1.97 bits per heavy atom. The number of thiophene rings is 1. The molecule has 1 atom stereocenters. The van der Waals surface area contributed by atoms with Crippen molar-refractivity contribution in [1.29, 1.82) is 0 Å². The van der Waals surface area contributed by atoms with E-state index in [2.05, 4.69) is 20.9 Å². The number of hydrogen-bond acceptors (Lipinski definition) is 5. The monoisotopic (exact) mass is 468 g/mol. The van der Waals surface area contributed by atoms with E-state index in [0.29, 0.717) is 5.56 Å². The third kappa shape index (κ3) is 3.63. The maximum atomic E-state index is 13.0. The van der Waals surface area contributed by atoms with Gasteiger partial charge in [0.1, 0.15) is 11.8 Å². The molecule has 29 heavy (non-hydrogen) atoms. The number of hydrogen-bond donors (Lipinski definition) is 1. The second kappa shape index (κ2) is 7.93. The molecule has 0 saturated carbocycles. The molecule has 146 valence electrons. The molecule has 1 aromatic carbocycles. The van der Waals surface area contributed by atoms with Gasteiger partial charge in [0.05, 0.1) is 5.57 Å². The summed E-state index contributed by atoms with van der Waals surface area (Å²) in [6.07, 6.45) is 3.33. The fourth-order valence-electron chi connectivity index (χ4n) is 3.43. The fourth-order valence-corrected chi connectivity index (χ4v) is 4.74. The number of carbonyl (C=O) groups is 2. The highest BCUT2D eigenvalue weighted by Crippen LogP contribution is 2.43. The summed E-state index contributed by atoms with van der Waals surface area (Å²) < 4.78 is 0.858. The summed E-state index contributed by atoms with van der Waals surface area (Å²) in [6.45, 7) is 2.17. The van der Waals surface area contributed by atoms with Crippen LogP contribution >= 0.6 is 27.3 Å². The summed E-state index contributed by atoms with van der Waals surface area (Å²) in [6, 6.07) is 12.0. The third-order valence-electron chi connectivity index (χ3n) is 4.88. The summed E-state index contributed by atoms with van der Waals surface area (Å²) in [7, 11) is 0. The molecule has 1 unspecified atom stereocenters. The van der Waals surface area contributed by atoms with E-state index in [1.54, 1.807) is 42.7 Å². The van der Waals surface area contributed by atoms with E-state index in [4.69, 9.17) is 0 Å². The largest absolute Gasteiger partial charge is 0.507 e. The smallest absolute Gasteiger partial charge is 0.295 e. The van der Waals surface area contributed by atoms with E-state index >= 15 is 0 Å². The van der Waals surface area contributed by atoms with Crippen LogP contribution in [0.2, 0.25) is 0 Å². The molecule has 1 saturated heterocycles. The van der Waals surface area contributed by atoms with Gasteiger partial charge in [-0.15, -0.1) is 11.3 Å². The summed E-state index contributed by atoms with van der Waals surface area (Å²) >= 11 is 4.84. The highest BCUT2D eigenvalue weighted by Gasteiger charge is 2.47. The number of carbonyl (C=O) groups excluding carboxylic acids is 2. The quantitative estimate of drug-likeness (QED) is 0.338. The molecule has 1 N–H and O–H groups in total. The van der Waals surface area contributed by atoms with Gasteiger partial charge in [0.15, 0.2) is 0 Å². The number of aliphatic hydroxyl groups excluding tert-OH is 1. The van der Waals surface area contributed by atoms with Crippen molar-refractivity contribution in [3.8, 4) is 0 Å². The number of benzene rings is 1. The van der Waals surface area contributed by atoms with E-state index < -0.39 is 17.7 Å². The molecule has 0 radical (unpaired) electrons. The maximum Gasteiger partial charge on any atom is 0.295 e. The van der Waals surface area contributed by atoms with E-state index in [-0.39, 0.29) is 17.9 Å². The van der Waals surface area contributed by atoms with Gasteiger partial charge in [-0.25, -0.2) is 0 Å². The van der Waals surface area contributed by atoms with Gasteiger partial charge in [-0.1, -0.05) is 34.1 Å². The van der Waals surface area contributed by atoms with Crippen molar-refractivity contribution >= 4 is 44.7 Å². The van der Waals surface area contributed by atoms with Gasteiger partial charge >= 0.3 is 0 Å². The van der Waals surface area contributed by atoms with Crippen LogP contribution in [0.5, 0.6) is 0 Å². The Kier molecular flexibility index (Phi) is 5.34. The molecule has 1 aliphatic heterocycles. The van der Waals surface area contributed by atoms with Crippen molar-refractivity contribution in [3.63, 3.8) is 0 Å². The lowest BCUT2D eigenvalue weighted by atomic mass is 9.98. The SMILES string of the molecule is Cc1ccsc1C1/C(=C(/O)c2ccc(Br)cc2)C(=O)C(=O)N1Cc1cccnc1. The molecule has 1 fully saturated rings. The minimum absolute atomic E-state index is 0.117. The zero-order valence-electron chi connectivity index (χ0n) is 15.5. The highest BCUT2D eigenvalue weighted by molar-refractivity contribution is 9.10. The van der Waals surface area contributed by atoms with Gasteiger partial charge < -0.3 is 10.0 Å². The molecule has 5 nitrogen and oxygen atoms in total. The Labute approximate surface area is 180 Å². The Bertz CT molecular complexity index is 1110. The lowest BCUT2D eigenvalue weighted by Gasteiger charge is -2.24. The van der Waals surface area contributed by atoms with Gasteiger partial charge in [-0.3, -0.25) is 14.6 Å². The molecule has 3 heterocycles. The van der Waals surface area contributed by atoms with E-state index in [0.717, 1.165) is 20.5 Å².